The number of carbonyl (C=O) groups excluding carboxylic acids is 1. The number of allylic oxidation sites excluding steroid dienone is 2. The van der Waals surface area contributed by atoms with Gasteiger partial charge in [0.1, 0.15) is 18.0 Å². The number of nitro benzene ring substituents is 1. The zero-order valence-electron chi connectivity index (χ0n) is 15.5. The van der Waals surface area contributed by atoms with Gasteiger partial charge in [0.05, 0.1) is 4.92 Å². The Morgan fingerprint density at radius 2 is 1.85 bits per heavy atom. The molecule has 0 saturated heterocycles. The third-order valence-electron chi connectivity index (χ3n) is 6.30. The minimum atomic E-state index is -1.36. The molecule has 6 heteroatoms. The number of Topliss-reactive ketones (excluding diaryl/α,β-unsaturated/α-hetero) is 1. The molecule has 0 aromatic heterocycles. The van der Waals surface area contributed by atoms with Crippen molar-refractivity contribution in [3.05, 3.63) is 68.3 Å². The highest BCUT2D eigenvalue weighted by Gasteiger charge is 2.65. The number of carbonyl (C=O) groups is 1. The van der Waals surface area contributed by atoms with Crippen molar-refractivity contribution >= 4 is 11.5 Å². The highest BCUT2D eigenvalue weighted by atomic mass is 16.6. The number of ketones is 1. The third kappa shape index (κ3) is 2.40. The van der Waals surface area contributed by atoms with Crippen LogP contribution >= 0.6 is 0 Å². The normalized spacial score (nSPS) is 25.6. The minimum Gasteiger partial charge on any atom is -0.489 e. The van der Waals surface area contributed by atoms with E-state index in [-0.39, 0.29) is 18.1 Å². The van der Waals surface area contributed by atoms with Crippen LogP contribution in [0.2, 0.25) is 0 Å². The number of benzene rings is 1. The molecule has 1 N–H and O–H groups in total. The lowest BCUT2D eigenvalue weighted by molar-refractivity contribution is -0.384. The molecular weight excluding hydrogens is 346 g/mol. The molecule has 1 atom stereocenters. The molecule has 140 valence electrons. The van der Waals surface area contributed by atoms with Crippen LogP contribution in [-0.2, 0) is 4.79 Å². The lowest BCUT2D eigenvalue weighted by atomic mass is 9.67. The highest BCUT2D eigenvalue weighted by Crippen LogP contribution is 2.64. The van der Waals surface area contributed by atoms with Gasteiger partial charge < -0.3 is 9.84 Å². The van der Waals surface area contributed by atoms with E-state index in [1.54, 1.807) is 19.1 Å². The number of fused-ring (bicyclic) bond motifs is 1. The molecule has 3 aliphatic carbocycles. The van der Waals surface area contributed by atoms with E-state index < -0.39 is 15.9 Å². The molecule has 1 aromatic carbocycles. The summed E-state index contributed by atoms with van der Waals surface area (Å²) in [7, 11) is 0. The molecule has 1 saturated carbocycles. The Morgan fingerprint density at radius 3 is 2.41 bits per heavy atom. The van der Waals surface area contributed by atoms with Crippen molar-refractivity contribution in [2.75, 3.05) is 6.61 Å². The first-order valence-electron chi connectivity index (χ1n) is 8.97. The van der Waals surface area contributed by atoms with E-state index in [4.69, 9.17) is 4.74 Å². The summed E-state index contributed by atoms with van der Waals surface area (Å²) < 4.78 is 5.85. The number of rotatable bonds is 4. The summed E-state index contributed by atoms with van der Waals surface area (Å²) in [5.41, 5.74) is 2.60. The Bertz CT molecular complexity index is 959. The molecule has 0 aliphatic heterocycles. The fourth-order valence-corrected chi connectivity index (χ4v) is 4.42. The van der Waals surface area contributed by atoms with E-state index in [1.807, 2.05) is 19.9 Å². The largest absolute Gasteiger partial charge is 0.489 e. The first-order chi connectivity index (χ1) is 12.7. The van der Waals surface area contributed by atoms with E-state index in [1.165, 1.54) is 12.1 Å². The molecule has 1 fully saturated rings. The van der Waals surface area contributed by atoms with Crippen LogP contribution in [0, 0.1) is 15.5 Å². The summed E-state index contributed by atoms with van der Waals surface area (Å²) in [5.74, 6) is 0.313. The fourth-order valence-electron chi connectivity index (χ4n) is 4.42. The predicted octanol–water partition coefficient (Wildman–Crippen LogP) is 3.66. The van der Waals surface area contributed by atoms with Crippen LogP contribution in [-0.4, -0.2) is 28.0 Å². The summed E-state index contributed by atoms with van der Waals surface area (Å²) in [6.07, 6.45) is 3.45. The van der Waals surface area contributed by atoms with Crippen molar-refractivity contribution < 1.29 is 19.6 Å². The molecule has 6 nitrogen and oxygen atoms in total. The lowest BCUT2D eigenvalue weighted by Gasteiger charge is -2.39. The number of hydrogen-bond acceptors (Lipinski definition) is 5. The van der Waals surface area contributed by atoms with Crippen molar-refractivity contribution in [3.63, 3.8) is 0 Å². The van der Waals surface area contributed by atoms with Gasteiger partial charge in [0.25, 0.3) is 5.69 Å². The van der Waals surface area contributed by atoms with Crippen LogP contribution < -0.4 is 4.74 Å². The Hall–Kier alpha value is -2.73. The summed E-state index contributed by atoms with van der Waals surface area (Å²) in [6, 6.07) is 5.94. The van der Waals surface area contributed by atoms with Crippen molar-refractivity contribution in [1.82, 2.24) is 0 Å². The van der Waals surface area contributed by atoms with Gasteiger partial charge in [-0.3, -0.25) is 14.9 Å². The SMILES string of the molecule is CC1=C(COc2ccc([N+](=O)[O-])cc2)C2=C(C)C3(CC3)[C@@](C)(O)C(=O)C2=C1. The summed E-state index contributed by atoms with van der Waals surface area (Å²) in [4.78, 5) is 23.2. The van der Waals surface area contributed by atoms with Gasteiger partial charge in [-0.1, -0.05) is 5.57 Å². The molecule has 3 aliphatic rings. The van der Waals surface area contributed by atoms with Crippen LogP contribution in [0.1, 0.15) is 33.6 Å². The van der Waals surface area contributed by atoms with Gasteiger partial charge in [0.2, 0.25) is 0 Å². The lowest BCUT2D eigenvalue weighted by Crippen LogP contribution is -2.49. The van der Waals surface area contributed by atoms with Crippen molar-refractivity contribution in [1.29, 1.82) is 0 Å². The third-order valence-corrected chi connectivity index (χ3v) is 6.30. The Labute approximate surface area is 157 Å². The second-order valence-electron chi connectivity index (χ2n) is 7.74. The van der Waals surface area contributed by atoms with Crippen LogP contribution in [0.25, 0.3) is 0 Å². The minimum absolute atomic E-state index is 0.0110. The second kappa shape index (κ2) is 5.63. The van der Waals surface area contributed by atoms with Gasteiger partial charge in [-0.25, -0.2) is 0 Å². The van der Waals surface area contributed by atoms with Gasteiger partial charge in [0.15, 0.2) is 5.78 Å². The topological polar surface area (TPSA) is 89.7 Å². The molecular formula is C21H21NO5. The average Bonchev–Trinajstić information content (AvgIpc) is 3.38. The number of ether oxygens (including phenoxy) is 1. The standard InChI is InChI=1S/C21H21NO5/c1-12-10-16-18(13(2)21(8-9-21)20(3,24)19(16)23)17(12)11-27-15-6-4-14(5-7-15)22(25)26/h4-7,10,24H,8-9,11H2,1-3H3/t20-/m0/s1. The van der Waals surface area contributed by atoms with Gasteiger partial charge in [-0.05, 0) is 63.0 Å². The maximum atomic E-state index is 12.9. The summed E-state index contributed by atoms with van der Waals surface area (Å²) >= 11 is 0. The number of aliphatic hydroxyl groups is 1. The van der Waals surface area contributed by atoms with E-state index in [9.17, 15) is 20.0 Å². The monoisotopic (exact) mass is 367 g/mol. The molecule has 0 heterocycles. The molecule has 0 radical (unpaired) electrons. The van der Waals surface area contributed by atoms with Crippen molar-refractivity contribution in [3.8, 4) is 5.75 Å². The van der Waals surface area contributed by atoms with Gasteiger partial charge in [-0.15, -0.1) is 0 Å². The number of non-ortho nitro benzene ring substituents is 1. The zero-order valence-corrected chi connectivity index (χ0v) is 15.5. The van der Waals surface area contributed by atoms with E-state index >= 15 is 0 Å². The van der Waals surface area contributed by atoms with Crippen molar-refractivity contribution in [2.24, 2.45) is 5.41 Å². The fraction of sp³-hybridized carbons (Fsp3) is 0.381. The number of nitro groups is 1. The molecule has 27 heavy (non-hydrogen) atoms. The molecule has 0 amide bonds. The maximum absolute atomic E-state index is 12.9. The van der Waals surface area contributed by atoms with E-state index in [2.05, 4.69) is 0 Å². The predicted molar refractivity (Wildman–Crippen MR) is 99.4 cm³/mol. The second-order valence-corrected chi connectivity index (χ2v) is 7.74. The molecule has 0 unspecified atom stereocenters. The molecule has 4 rings (SSSR count). The summed E-state index contributed by atoms with van der Waals surface area (Å²) in [6.45, 7) is 5.83. The van der Waals surface area contributed by atoms with Crippen molar-refractivity contribution in [2.45, 2.75) is 39.2 Å². The summed E-state index contributed by atoms with van der Waals surface area (Å²) in [5, 5.41) is 21.6. The quantitative estimate of drug-likeness (QED) is 0.648. The van der Waals surface area contributed by atoms with Crippen LogP contribution in [0.15, 0.2) is 58.2 Å². The first-order valence-corrected chi connectivity index (χ1v) is 8.97. The maximum Gasteiger partial charge on any atom is 0.269 e. The highest BCUT2D eigenvalue weighted by molar-refractivity contribution is 6.10. The van der Waals surface area contributed by atoms with Gasteiger partial charge >= 0.3 is 0 Å². The molecule has 0 bridgehead atoms. The first kappa shape index (κ1) is 17.7. The molecule has 1 spiro atoms. The van der Waals surface area contributed by atoms with E-state index in [0.29, 0.717) is 11.3 Å². The Balaban J connectivity index is 1.62. The van der Waals surface area contributed by atoms with Gasteiger partial charge in [-0.2, -0.15) is 0 Å². The number of hydrogen-bond donors (Lipinski definition) is 1. The Morgan fingerprint density at radius 1 is 1.22 bits per heavy atom. The van der Waals surface area contributed by atoms with Gasteiger partial charge in [0, 0.05) is 28.7 Å². The van der Waals surface area contributed by atoms with Crippen LogP contribution in [0.4, 0.5) is 5.69 Å². The van der Waals surface area contributed by atoms with Crippen LogP contribution in [0.3, 0.4) is 0 Å². The number of nitrogens with zero attached hydrogens (tertiary/aromatic N) is 1. The van der Waals surface area contributed by atoms with E-state index in [0.717, 1.165) is 35.1 Å². The average molecular weight is 367 g/mol. The smallest absolute Gasteiger partial charge is 0.269 e. The zero-order chi connectivity index (χ0) is 19.6. The van der Waals surface area contributed by atoms with Crippen LogP contribution in [0.5, 0.6) is 5.75 Å². The molecule has 1 aromatic rings. The Kier molecular flexibility index (Phi) is 3.69.